The monoisotopic (exact) mass is 377 g/mol. The van der Waals surface area contributed by atoms with Gasteiger partial charge in [-0.1, -0.05) is 42.5 Å². The molecule has 0 spiro atoms. The quantitative estimate of drug-likeness (QED) is 0.687. The van der Waals surface area contributed by atoms with E-state index in [9.17, 15) is 4.79 Å². The summed E-state index contributed by atoms with van der Waals surface area (Å²) in [6, 6.07) is 22.5. The van der Waals surface area contributed by atoms with Crippen LogP contribution in [0.1, 0.15) is 28.8 Å². The molecular formula is C24H27NO3. The van der Waals surface area contributed by atoms with Crippen molar-refractivity contribution in [2.24, 2.45) is 5.92 Å². The molecule has 0 unspecified atom stereocenters. The van der Waals surface area contributed by atoms with Gasteiger partial charge in [0.2, 0.25) is 0 Å². The third kappa shape index (κ3) is 4.34. The van der Waals surface area contributed by atoms with Crippen molar-refractivity contribution in [2.45, 2.75) is 19.3 Å². The van der Waals surface area contributed by atoms with Gasteiger partial charge in [-0.05, 0) is 65.8 Å². The molecule has 1 fully saturated rings. The van der Waals surface area contributed by atoms with Crippen LogP contribution < -0.4 is 4.74 Å². The largest absolute Gasteiger partial charge is 0.497 e. The minimum Gasteiger partial charge on any atom is -0.497 e. The molecule has 1 aliphatic rings. The smallest absolute Gasteiger partial charge is 0.253 e. The van der Waals surface area contributed by atoms with Crippen molar-refractivity contribution >= 4 is 16.7 Å². The molecule has 0 aliphatic carbocycles. The van der Waals surface area contributed by atoms with E-state index in [1.165, 1.54) is 5.56 Å². The highest BCUT2D eigenvalue weighted by Crippen LogP contribution is 2.25. The van der Waals surface area contributed by atoms with E-state index in [-0.39, 0.29) is 11.4 Å². The molecule has 0 atom stereocenters. The first-order chi connectivity index (χ1) is 13.2. The molecule has 146 valence electrons. The van der Waals surface area contributed by atoms with Gasteiger partial charge in [-0.25, -0.2) is 0 Å². The minimum absolute atomic E-state index is 0. The van der Waals surface area contributed by atoms with Gasteiger partial charge in [0.05, 0.1) is 7.11 Å². The van der Waals surface area contributed by atoms with E-state index in [0.717, 1.165) is 54.4 Å². The van der Waals surface area contributed by atoms with Crippen LogP contribution in [0.15, 0.2) is 66.7 Å². The molecule has 0 aromatic heterocycles. The summed E-state index contributed by atoms with van der Waals surface area (Å²) in [5.41, 5.74) is 2.17. The Labute approximate surface area is 166 Å². The van der Waals surface area contributed by atoms with Crippen LogP contribution in [-0.4, -0.2) is 36.5 Å². The summed E-state index contributed by atoms with van der Waals surface area (Å²) in [7, 11) is 1.67. The van der Waals surface area contributed by atoms with Gasteiger partial charge in [0, 0.05) is 18.7 Å². The molecule has 0 saturated carbocycles. The number of carbonyl (C=O) groups excluding carboxylic acids is 1. The van der Waals surface area contributed by atoms with Gasteiger partial charge in [0.15, 0.2) is 0 Å². The number of nitrogens with zero attached hydrogens (tertiary/aromatic N) is 1. The summed E-state index contributed by atoms with van der Waals surface area (Å²) in [5, 5.41) is 2.16. The standard InChI is InChI=1S/C24H25NO2.H2O/c1-27-23-10-9-20-16-22(8-7-21(20)17-23)24(26)25-13-11-19(12-14-25)15-18-5-3-2-4-6-18;/h2-10,16-17,19H,11-15H2,1H3;1H2. The van der Waals surface area contributed by atoms with E-state index < -0.39 is 0 Å². The predicted molar refractivity (Wildman–Crippen MR) is 113 cm³/mol. The average molecular weight is 377 g/mol. The zero-order valence-electron chi connectivity index (χ0n) is 16.2. The molecule has 0 bridgehead atoms. The molecule has 0 radical (unpaired) electrons. The van der Waals surface area contributed by atoms with E-state index in [1.807, 2.05) is 41.3 Å². The number of amides is 1. The molecule has 1 aliphatic heterocycles. The zero-order valence-corrected chi connectivity index (χ0v) is 16.2. The van der Waals surface area contributed by atoms with Crippen molar-refractivity contribution in [3.63, 3.8) is 0 Å². The first kappa shape index (κ1) is 19.9. The van der Waals surface area contributed by atoms with Crippen LogP contribution in [-0.2, 0) is 6.42 Å². The fourth-order valence-electron chi connectivity index (χ4n) is 3.95. The second kappa shape index (κ2) is 8.89. The van der Waals surface area contributed by atoms with Gasteiger partial charge < -0.3 is 15.1 Å². The fraction of sp³-hybridized carbons (Fsp3) is 0.292. The van der Waals surface area contributed by atoms with Gasteiger partial charge in [-0.2, -0.15) is 0 Å². The summed E-state index contributed by atoms with van der Waals surface area (Å²) < 4.78 is 5.27. The number of methoxy groups -OCH3 is 1. The van der Waals surface area contributed by atoms with Crippen molar-refractivity contribution in [1.82, 2.24) is 4.90 Å². The SMILES string of the molecule is COc1ccc2cc(C(=O)N3CCC(Cc4ccccc4)CC3)ccc2c1.O. The Hall–Kier alpha value is -2.85. The normalized spacial score (nSPS) is 14.5. The first-order valence-electron chi connectivity index (χ1n) is 9.64. The van der Waals surface area contributed by atoms with Crippen LogP contribution in [0.5, 0.6) is 5.75 Å². The van der Waals surface area contributed by atoms with Gasteiger partial charge in [0.1, 0.15) is 5.75 Å². The van der Waals surface area contributed by atoms with Gasteiger partial charge in [-0.15, -0.1) is 0 Å². The second-order valence-corrected chi connectivity index (χ2v) is 7.35. The Morgan fingerprint density at radius 3 is 2.36 bits per heavy atom. The van der Waals surface area contributed by atoms with E-state index in [2.05, 4.69) is 30.3 Å². The van der Waals surface area contributed by atoms with Crippen molar-refractivity contribution in [3.05, 3.63) is 77.9 Å². The van der Waals surface area contributed by atoms with E-state index in [4.69, 9.17) is 4.74 Å². The molecule has 1 amide bonds. The molecule has 28 heavy (non-hydrogen) atoms. The number of hydrogen-bond acceptors (Lipinski definition) is 2. The van der Waals surface area contributed by atoms with Crippen LogP contribution >= 0.6 is 0 Å². The van der Waals surface area contributed by atoms with Gasteiger partial charge in [0.25, 0.3) is 5.91 Å². The van der Waals surface area contributed by atoms with E-state index >= 15 is 0 Å². The number of hydrogen-bond donors (Lipinski definition) is 0. The van der Waals surface area contributed by atoms with Crippen LogP contribution in [0, 0.1) is 5.92 Å². The molecule has 3 aromatic rings. The highest BCUT2D eigenvalue weighted by Gasteiger charge is 2.23. The molecule has 4 nitrogen and oxygen atoms in total. The van der Waals surface area contributed by atoms with Crippen molar-refractivity contribution in [1.29, 1.82) is 0 Å². The number of likely N-dealkylation sites (tertiary alicyclic amines) is 1. The van der Waals surface area contributed by atoms with Gasteiger partial charge >= 0.3 is 0 Å². The second-order valence-electron chi connectivity index (χ2n) is 7.35. The van der Waals surface area contributed by atoms with Crippen LogP contribution in [0.2, 0.25) is 0 Å². The zero-order chi connectivity index (χ0) is 18.6. The summed E-state index contributed by atoms with van der Waals surface area (Å²) in [5.74, 6) is 1.65. The fourth-order valence-corrected chi connectivity index (χ4v) is 3.95. The highest BCUT2D eigenvalue weighted by molar-refractivity contribution is 5.98. The lowest BCUT2D eigenvalue weighted by atomic mass is 9.90. The van der Waals surface area contributed by atoms with Crippen LogP contribution in [0.4, 0.5) is 0 Å². The summed E-state index contributed by atoms with van der Waals surface area (Å²) in [6.45, 7) is 1.69. The first-order valence-corrected chi connectivity index (χ1v) is 9.64. The number of fused-ring (bicyclic) bond motifs is 1. The number of rotatable bonds is 4. The minimum atomic E-state index is 0. The summed E-state index contributed by atoms with van der Waals surface area (Å²) in [6.07, 6.45) is 3.26. The molecular weight excluding hydrogens is 350 g/mol. The van der Waals surface area contributed by atoms with Gasteiger partial charge in [-0.3, -0.25) is 4.79 Å². The Bertz CT molecular complexity index is 931. The molecule has 4 rings (SSSR count). The summed E-state index contributed by atoms with van der Waals surface area (Å²) in [4.78, 5) is 14.9. The lowest BCUT2D eigenvalue weighted by Crippen LogP contribution is -2.38. The Morgan fingerprint density at radius 1 is 0.964 bits per heavy atom. The molecule has 1 heterocycles. The number of ether oxygens (including phenoxy) is 1. The van der Waals surface area contributed by atoms with Crippen molar-refractivity contribution in [3.8, 4) is 5.75 Å². The van der Waals surface area contributed by atoms with Crippen LogP contribution in [0.3, 0.4) is 0 Å². The number of carbonyl (C=O) groups is 1. The van der Waals surface area contributed by atoms with E-state index in [0.29, 0.717) is 5.92 Å². The number of benzene rings is 3. The summed E-state index contributed by atoms with van der Waals surface area (Å²) >= 11 is 0. The average Bonchev–Trinajstić information content (AvgIpc) is 2.74. The number of piperidine rings is 1. The molecule has 2 N–H and O–H groups in total. The molecule has 1 saturated heterocycles. The third-order valence-electron chi connectivity index (χ3n) is 5.56. The molecule has 4 heteroatoms. The lowest BCUT2D eigenvalue weighted by molar-refractivity contribution is 0.0690. The van der Waals surface area contributed by atoms with Crippen LogP contribution in [0.25, 0.3) is 10.8 Å². The van der Waals surface area contributed by atoms with Crippen molar-refractivity contribution in [2.75, 3.05) is 20.2 Å². The topological polar surface area (TPSA) is 61.0 Å². The maximum absolute atomic E-state index is 12.9. The molecule has 3 aromatic carbocycles. The Kier molecular flexibility index (Phi) is 6.32. The lowest BCUT2D eigenvalue weighted by Gasteiger charge is -2.32. The predicted octanol–water partition coefficient (Wildman–Crippen LogP) is 4.12. The maximum Gasteiger partial charge on any atom is 0.253 e. The van der Waals surface area contributed by atoms with Crippen molar-refractivity contribution < 1.29 is 15.0 Å². The van der Waals surface area contributed by atoms with E-state index in [1.54, 1.807) is 7.11 Å². The highest BCUT2D eigenvalue weighted by atomic mass is 16.5. The third-order valence-corrected chi connectivity index (χ3v) is 5.56. The Morgan fingerprint density at radius 2 is 1.64 bits per heavy atom. The Balaban J connectivity index is 0.00000225. The maximum atomic E-state index is 12.9.